The second-order valence-corrected chi connectivity index (χ2v) is 10.6. The van der Waals surface area contributed by atoms with Gasteiger partial charge >= 0.3 is 6.09 Å². The number of hydrogen-bond acceptors (Lipinski definition) is 5. The number of carbonyl (C=O) groups excluding carboxylic acids is 1. The van der Waals surface area contributed by atoms with E-state index in [9.17, 15) is 10.1 Å². The number of ether oxygens (including phenoxy) is 3. The molecule has 3 aromatic carbocycles. The number of benzene rings is 3. The normalized spacial score (nSPS) is 16.6. The lowest BCUT2D eigenvalue weighted by molar-refractivity contribution is 0.0256. The molecule has 0 spiro atoms. The summed E-state index contributed by atoms with van der Waals surface area (Å²) in [4.78, 5) is 12.5. The molecule has 1 aliphatic heterocycles. The van der Waals surface area contributed by atoms with Crippen LogP contribution in [0.1, 0.15) is 62.3 Å². The highest BCUT2D eigenvalue weighted by Crippen LogP contribution is 2.43. The molecule has 1 aromatic heterocycles. The third kappa shape index (κ3) is 5.28. The van der Waals surface area contributed by atoms with Gasteiger partial charge < -0.3 is 18.8 Å². The maximum absolute atomic E-state index is 12.5. The van der Waals surface area contributed by atoms with Crippen molar-refractivity contribution in [1.82, 2.24) is 4.57 Å². The van der Waals surface area contributed by atoms with Crippen LogP contribution in [-0.4, -0.2) is 30.0 Å². The van der Waals surface area contributed by atoms with E-state index in [1.807, 2.05) is 73.7 Å². The van der Waals surface area contributed by atoms with Gasteiger partial charge in [-0.2, -0.15) is 5.26 Å². The molecule has 6 rings (SSSR count). The summed E-state index contributed by atoms with van der Waals surface area (Å²) in [6, 6.07) is 26.2. The summed E-state index contributed by atoms with van der Waals surface area (Å²) >= 11 is 0. The number of amides is 1. The van der Waals surface area contributed by atoms with Gasteiger partial charge in [-0.05, 0) is 61.6 Å². The lowest BCUT2D eigenvalue weighted by Gasteiger charge is -2.30. The molecule has 2 aliphatic rings. The molecule has 204 valence electrons. The van der Waals surface area contributed by atoms with Crippen LogP contribution >= 0.6 is 0 Å². The van der Waals surface area contributed by atoms with Crippen LogP contribution in [0, 0.1) is 11.3 Å². The summed E-state index contributed by atoms with van der Waals surface area (Å²) in [7, 11) is 0. The Hall–Kier alpha value is -4.28. The summed E-state index contributed by atoms with van der Waals surface area (Å²) < 4.78 is 19.7. The lowest BCUT2D eigenvalue weighted by atomic mass is 9.92. The fourth-order valence-electron chi connectivity index (χ4n) is 5.58. The van der Waals surface area contributed by atoms with Crippen LogP contribution in [0.5, 0.6) is 5.75 Å². The molecule has 4 aromatic rings. The van der Waals surface area contributed by atoms with Crippen molar-refractivity contribution in [3.63, 3.8) is 0 Å². The fourth-order valence-corrected chi connectivity index (χ4v) is 5.58. The topological polar surface area (TPSA) is 85.5 Å². The van der Waals surface area contributed by atoms with Crippen LogP contribution in [-0.2, 0) is 9.47 Å². The number of hydrogen-bond donors (Lipinski definition) is 1. The predicted octanol–water partition coefficient (Wildman–Crippen LogP) is 7.77. The number of anilines is 1. The van der Waals surface area contributed by atoms with Crippen LogP contribution in [0.4, 0.5) is 10.5 Å². The molecule has 1 saturated heterocycles. The van der Waals surface area contributed by atoms with E-state index >= 15 is 0 Å². The largest absolute Gasteiger partial charge is 0.490 e. The lowest BCUT2D eigenvalue weighted by Crippen LogP contribution is -2.25. The average Bonchev–Trinajstić information content (AvgIpc) is 3.26. The van der Waals surface area contributed by atoms with Crippen molar-refractivity contribution in [3.8, 4) is 23.1 Å². The first-order chi connectivity index (χ1) is 19.6. The Kier molecular flexibility index (Phi) is 7.43. The van der Waals surface area contributed by atoms with Crippen molar-refractivity contribution in [1.29, 1.82) is 5.26 Å². The van der Waals surface area contributed by atoms with E-state index < -0.39 is 6.09 Å². The Morgan fingerprint density at radius 3 is 2.45 bits per heavy atom. The molecule has 1 saturated carbocycles. The standard InChI is InChI=1S/C33H33N3O4/c1-22(23-6-3-2-4-7-23)39-33(37)35-25-12-10-24(11-13-25)32-30(21-34)29-15-14-28(40-27-16-18-38-19-17-27)20-31(29)36(32)26-8-5-9-26/h2-4,6-7,10-15,20,22,26-27H,5,8-9,16-19H2,1H3,(H,35,37). The first-order valence-corrected chi connectivity index (χ1v) is 14.1. The third-order valence-corrected chi connectivity index (χ3v) is 7.96. The highest BCUT2D eigenvalue weighted by molar-refractivity contribution is 5.96. The van der Waals surface area contributed by atoms with E-state index in [2.05, 4.69) is 22.0 Å². The molecule has 1 aliphatic carbocycles. The Balaban J connectivity index is 1.27. The summed E-state index contributed by atoms with van der Waals surface area (Å²) in [6.07, 6.45) is 4.38. The number of nitriles is 1. The maximum atomic E-state index is 12.5. The molecule has 7 heteroatoms. The van der Waals surface area contributed by atoms with Gasteiger partial charge in [0.25, 0.3) is 0 Å². The maximum Gasteiger partial charge on any atom is 0.412 e. The molecule has 2 heterocycles. The van der Waals surface area contributed by atoms with Gasteiger partial charge in [-0.15, -0.1) is 0 Å². The Morgan fingerprint density at radius 1 is 1.02 bits per heavy atom. The van der Waals surface area contributed by atoms with Crippen molar-refractivity contribution in [2.45, 2.75) is 57.3 Å². The van der Waals surface area contributed by atoms with Gasteiger partial charge in [0.05, 0.1) is 30.0 Å². The molecular formula is C33H33N3O4. The van der Waals surface area contributed by atoms with Gasteiger partial charge in [-0.3, -0.25) is 5.32 Å². The average molecular weight is 536 g/mol. The second-order valence-electron chi connectivity index (χ2n) is 10.6. The van der Waals surface area contributed by atoms with Crippen LogP contribution < -0.4 is 10.1 Å². The van der Waals surface area contributed by atoms with Gasteiger partial charge in [0, 0.05) is 36.0 Å². The summed E-state index contributed by atoms with van der Waals surface area (Å²) in [5.74, 6) is 0.830. The van der Waals surface area contributed by atoms with Crippen LogP contribution in [0.15, 0.2) is 72.8 Å². The van der Waals surface area contributed by atoms with Gasteiger partial charge in [0.2, 0.25) is 0 Å². The zero-order chi connectivity index (χ0) is 27.5. The second kappa shape index (κ2) is 11.4. The molecule has 0 bridgehead atoms. The molecule has 1 N–H and O–H groups in total. The van der Waals surface area contributed by atoms with Gasteiger partial charge in [0.1, 0.15) is 24.0 Å². The number of fused-ring (bicyclic) bond motifs is 1. The Bertz CT molecular complexity index is 1530. The summed E-state index contributed by atoms with van der Waals surface area (Å²) in [5.41, 5.74) is 5.10. The number of aromatic nitrogens is 1. The van der Waals surface area contributed by atoms with Crippen molar-refractivity contribution in [2.24, 2.45) is 0 Å². The van der Waals surface area contributed by atoms with E-state index in [0.29, 0.717) is 17.3 Å². The van der Waals surface area contributed by atoms with Crippen LogP contribution in [0.3, 0.4) is 0 Å². The number of nitrogens with one attached hydrogen (secondary N) is 1. The number of rotatable bonds is 7. The van der Waals surface area contributed by atoms with Gasteiger partial charge in [-0.1, -0.05) is 42.5 Å². The summed E-state index contributed by atoms with van der Waals surface area (Å²) in [6.45, 7) is 3.30. The van der Waals surface area contributed by atoms with Crippen LogP contribution in [0.2, 0.25) is 0 Å². The SMILES string of the molecule is CC(OC(=O)Nc1ccc(-c2c(C#N)c3ccc(OC4CCOCC4)cc3n2C2CCC2)cc1)c1ccccc1. The van der Waals surface area contributed by atoms with Crippen molar-refractivity contribution in [3.05, 3.63) is 83.9 Å². The van der Waals surface area contributed by atoms with E-state index in [0.717, 1.165) is 72.4 Å². The van der Waals surface area contributed by atoms with E-state index in [1.54, 1.807) is 0 Å². The third-order valence-electron chi connectivity index (χ3n) is 7.96. The van der Waals surface area contributed by atoms with Crippen LogP contribution in [0.25, 0.3) is 22.2 Å². The van der Waals surface area contributed by atoms with Crippen molar-refractivity contribution in [2.75, 3.05) is 18.5 Å². The monoisotopic (exact) mass is 535 g/mol. The summed E-state index contributed by atoms with van der Waals surface area (Å²) in [5, 5.41) is 14.0. The molecule has 1 atom stereocenters. The Morgan fingerprint density at radius 2 is 1.77 bits per heavy atom. The number of carbonyl (C=O) groups is 1. The predicted molar refractivity (Wildman–Crippen MR) is 154 cm³/mol. The Labute approximate surface area is 234 Å². The first-order valence-electron chi connectivity index (χ1n) is 14.1. The number of nitrogens with zero attached hydrogens (tertiary/aromatic N) is 2. The van der Waals surface area contributed by atoms with E-state index in [4.69, 9.17) is 14.2 Å². The molecule has 1 unspecified atom stereocenters. The highest BCUT2D eigenvalue weighted by atomic mass is 16.6. The minimum Gasteiger partial charge on any atom is -0.490 e. The fraction of sp³-hybridized carbons (Fsp3) is 0.333. The molecule has 2 fully saturated rings. The molecule has 0 radical (unpaired) electrons. The quantitative estimate of drug-likeness (QED) is 0.261. The first kappa shape index (κ1) is 26.0. The van der Waals surface area contributed by atoms with Crippen molar-refractivity contribution >= 4 is 22.7 Å². The minimum absolute atomic E-state index is 0.149. The molecule has 1 amide bonds. The molecule has 7 nitrogen and oxygen atoms in total. The van der Waals surface area contributed by atoms with Crippen molar-refractivity contribution < 1.29 is 19.0 Å². The van der Waals surface area contributed by atoms with E-state index in [1.165, 1.54) is 6.42 Å². The van der Waals surface area contributed by atoms with E-state index in [-0.39, 0.29) is 12.2 Å². The zero-order valence-electron chi connectivity index (χ0n) is 22.6. The zero-order valence-corrected chi connectivity index (χ0v) is 22.6. The smallest absolute Gasteiger partial charge is 0.412 e. The van der Waals surface area contributed by atoms with Gasteiger partial charge in [0.15, 0.2) is 0 Å². The highest BCUT2D eigenvalue weighted by Gasteiger charge is 2.28. The minimum atomic E-state index is -0.512. The van der Waals surface area contributed by atoms with Gasteiger partial charge in [-0.25, -0.2) is 4.79 Å². The molecule has 40 heavy (non-hydrogen) atoms. The molecular weight excluding hydrogens is 502 g/mol.